The summed E-state index contributed by atoms with van der Waals surface area (Å²) in [5.74, 6) is -1.40. The van der Waals surface area contributed by atoms with Gasteiger partial charge in [0.1, 0.15) is 5.82 Å². The smallest absolute Gasteiger partial charge is 0.258 e. The third-order valence-electron chi connectivity index (χ3n) is 4.39. The summed E-state index contributed by atoms with van der Waals surface area (Å²) >= 11 is 0. The molecule has 0 bridgehead atoms. The van der Waals surface area contributed by atoms with Crippen molar-refractivity contribution in [2.45, 2.75) is 39.2 Å². The lowest BCUT2D eigenvalue weighted by molar-refractivity contribution is 0.0934. The number of hydrogen-bond acceptors (Lipinski definition) is 3. The minimum atomic E-state index is -0.594. The zero-order valence-corrected chi connectivity index (χ0v) is 15.7. The Morgan fingerprint density at radius 3 is 2.56 bits per heavy atom. The van der Waals surface area contributed by atoms with Gasteiger partial charge in [-0.1, -0.05) is 38.0 Å². The summed E-state index contributed by atoms with van der Waals surface area (Å²) in [5, 5.41) is 5.60. The number of carbonyl (C=O) groups excluding carboxylic acids is 2. The van der Waals surface area contributed by atoms with E-state index >= 15 is 0 Å². The standard InChI is InChI=1S/C21H26FN3O2/c1-3-4-7-16(13-23)24-20(26)15-11-10-14(2)19(12-15)25-21(27)17-8-5-6-9-18(17)22/h5-6,8-12,16H,3-4,7,13,23H2,1-2H3,(H,24,26)(H,25,27). The molecule has 0 saturated carbocycles. The zero-order chi connectivity index (χ0) is 19.8. The molecule has 5 nitrogen and oxygen atoms in total. The van der Waals surface area contributed by atoms with Gasteiger partial charge in [0.05, 0.1) is 5.56 Å². The molecule has 2 aromatic carbocycles. The fourth-order valence-electron chi connectivity index (χ4n) is 2.70. The molecule has 0 radical (unpaired) electrons. The maximum Gasteiger partial charge on any atom is 0.258 e. The van der Waals surface area contributed by atoms with Gasteiger partial charge in [-0.25, -0.2) is 4.39 Å². The van der Waals surface area contributed by atoms with Gasteiger partial charge in [0.2, 0.25) is 0 Å². The molecule has 1 unspecified atom stereocenters. The summed E-state index contributed by atoms with van der Waals surface area (Å²) in [6.07, 6.45) is 2.84. The van der Waals surface area contributed by atoms with Crippen molar-refractivity contribution in [1.82, 2.24) is 5.32 Å². The van der Waals surface area contributed by atoms with Crippen molar-refractivity contribution in [3.05, 3.63) is 65.0 Å². The van der Waals surface area contributed by atoms with E-state index in [0.717, 1.165) is 24.8 Å². The van der Waals surface area contributed by atoms with Gasteiger partial charge in [-0.2, -0.15) is 0 Å². The lowest BCUT2D eigenvalue weighted by Gasteiger charge is -2.17. The first-order chi connectivity index (χ1) is 13.0. The molecule has 2 aromatic rings. The van der Waals surface area contributed by atoms with Gasteiger partial charge in [0.25, 0.3) is 11.8 Å². The van der Waals surface area contributed by atoms with Crippen LogP contribution in [0.25, 0.3) is 0 Å². The Balaban J connectivity index is 2.14. The van der Waals surface area contributed by atoms with Gasteiger partial charge in [-0.05, 0) is 43.2 Å². The largest absolute Gasteiger partial charge is 0.348 e. The third kappa shape index (κ3) is 5.62. The number of rotatable bonds is 8. The second-order valence-corrected chi connectivity index (χ2v) is 6.51. The van der Waals surface area contributed by atoms with Crippen molar-refractivity contribution in [2.75, 3.05) is 11.9 Å². The fourth-order valence-corrected chi connectivity index (χ4v) is 2.70. The van der Waals surface area contributed by atoms with Crippen molar-refractivity contribution < 1.29 is 14.0 Å². The van der Waals surface area contributed by atoms with E-state index in [9.17, 15) is 14.0 Å². The highest BCUT2D eigenvalue weighted by Crippen LogP contribution is 2.19. The van der Waals surface area contributed by atoms with E-state index in [0.29, 0.717) is 17.8 Å². The lowest BCUT2D eigenvalue weighted by atomic mass is 10.1. The van der Waals surface area contributed by atoms with Crippen LogP contribution in [0.4, 0.5) is 10.1 Å². The lowest BCUT2D eigenvalue weighted by Crippen LogP contribution is -2.40. The van der Waals surface area contributed by atoms with E-state index in [1.165, 1.54) is 18.2 Å². The van der Waals surface area contributed by atoms with Gasteiger partial charge in [0.15, 0.2) is 0 Å². The van der Waals surface area contributed by atoms with Crippen LogP contribution in [0.3, 0.4) is 0 Å². The van der Waals surface area contributed by atoms with Crippen LogP contribution < -0.4 is 16.4 Å². The van der Waals surface area contributed by atoms with Crippen LogP contribution in [0.2, 0.25) is 0 Å². The van der Waals surface area contributed by atoms with E-state index in [4.69, 9.17) is 5.73 Å². The number of amides is 2. The van der Waals surface area contributed by atoms with Gasteiger partial charge in [-0.15, -0.1) is 0 Å². The quantitative estimate of drug-likeness (QED) is 0.662. The molecule has 2 amide bonds. The Morgan fingerprint density at radius 1 is 1.15 bits per heavy atom. The minimum absolute atomic E-state index is 0.0467. The Morgan fingerprint density at radius 2 is 1.89 bits per heavy atom. The number of nitrogens with one attached hydrogen (secondary N) is 2. The number of halogens is 1. The highest BCUT2D eigenvalue weighted by Gasteiger charge is 2.16. The molecule has 0 saturated heterocycles. The minimum Gasteiger partial charge on any atom is -0.348 e. The molecule has 0 aliphatic rings. The Kier molecular flexibility index (Phi) is 7.49. The summed E-state index contributed by atoms with van der Waals surface area (Å²) in [7, 11) is 0. The monoisotopic (exact) mass is 371 g/mol. The van der Waals surface area contributed by atoms with Crippen LogP contribution >= 0.6 is 0 Å². The molecule has 0 aliphatic heterocycles. The van der Waals surface area contributed by atoms with Crippen molar-refractivity contribution in [2.24, 2.45) is 5.73 Å². The van der Waals surface area contributed by atoms with Crippen LogP contribution in [-0.2, 0) is 0 Å². The highest BCUT2D eigenvalue weighted by atomic mass is 19.1. The number of benzene rings is 2. The molecule has 1 atom stereocenters. The number of hydrogen-bond donors (Lipinski definition) is 3. The first kappa shape index (κ1) is 20.6. The number of nitrogens with two attached hydrogens (primary N) is 1. The Labute approximate surface area is 159 Å². The second-order valence-electron chi connectivity index (χ2n) is 6.51. The molecule has 6 heteroatoms. The number of carbonyl (C=O) groups is 2. The second kappa shape index (κ2) is 9.83. The average molecular weight is 371 g/mol. The van der Waals surface area contributed by atoms with Crippen molar-refractivity contribution in [1.29, 1.82) is 0 Å². The summed E-state index contributed by atoms with van der Waals surface area (Å²) in [6, 6.07) is 10.7. The van der Waals surface area contributed by atoms with Crippen LogP contribution in [0.1, 0.15) is 52.5 Å². The van der Waals surface area contributed by atoms with Crippen molar-refractivity contribution in [3.8, 4) is 0 Å². The maximum atomic E-state index is 13.8. The molecular weight excluding hydrogens is 345 g/mol. The first-order valence-electron chi connectivity index (χ1n) is 9.13. The molecule has 144 valence electrons. The Bertz CT molecular complexity index is 808. The third-order valence-corrected chi connectivity index (χ3v) is 4.39. The first-order valence-corrected chi connectivity index (χ1v) is 9.13. The molecule has 2 rings (SSSR count). The van der Waals surface area contributed by atoms with E-state index in [1.807, 2.05) is 6.92 Å². The molecule has 4 N–H and O–H groups in total. The summed E-state index contributed by atoms with van der Waals surface area (Å²) in [4.78, 5) is 24.9. The molecule has 0 aliphatic carbocycles. The predicted molar refractivity (Wildman–Crippen MR) is 105 cm³/mol. The van der Waals surface area contributed by atoms with E-state index < -0.39 is 11.7 Å². The van der Waals surface area contributed by atoms with Gasteiger partial charge in [0, 0.05) is 23.8 Å². The summed E-state index contributed by atoms with van der Waals surface area (Å²) in [5.41, 5.74) is 7.34. The SMILES string of the molecule is CCCCC(CN)NC(=O)c1ccc(C)c(NC(=O)c2ccccc2F)c1. The average Bonchev–Trinajstić information content (AvgIpc) is 2.66. The highest BCUT2D eigenvalue weighted by molar-refractivity contribution is 6.05. The van der Waals surface area contributed by atoms with Gasteiger partial charge >= 0.3 is 0 Å². The van der Waals surface area contributed by atoms with Crippen LogP contribution in [-0.4, -0.2) is 24.4 Å². The van der Waals surface area contributed by atoms with Gasteiger partial charge < -0.3 is 16.4 Å². The van der Waals surface area contributed by atoms with Crippen LogP contribution in [0.15, 0.2) is 42.5 Å². The predicted octanol–water partition coefficient (Wildman–Crippen LogP) is 3.63. The van der Waals surface area contributed by atoms with Crippen LogP contribution in [0.5, 0.6) is 0 Å². The topological polar surface area (TPSA) is 84.2 Å². The molecule has 0 spiro atoms. The maximum absolute atomic E-state index is 13.8. The zero-order valence-electron chi connectivity index (χ0n) is 15.7. The summed E-state index contributed by atoms with van der Waals surface area (Å²) in [6.45, 7) is 4.26. The van der Waals surface area contributed by atoms with Crippen molar-refractivity contribution in [3.63, 3.8) is 0 Å². The molecule has 0 aromatic heterocycles. The fraction of sp³-hybridized carbons (Fsp3) is 0.333. The van der Waals surface area contributed by atoms with Crippen LogP contribution in [0, 0.1) is 12.7 Å². The number of anilines is 1. The number of aryl methyl sites for hydroxylation is 1. The molecule has 0 heterocycles. The van der Waals surface area contributed by atoms with E-state index in [-0.39, 0.29) is 17.5 Å². The molecule has 0 fully saturated rings. The van der Waals surface area contributed by atoms with E-state index in [1.54, 1.807) is 24.3 Å². The molecule has 27 heavy (non-hydrogen) atoms. The normalized spacial score (nSPS) is 11.7. The van der Waals surface area contributed by atoms with Crippen molar-refractivity contribution >= 4 is 17.5 Å². The van der Waals surface area contributed by atoms with E-state index in [2.05, 4.69) is 17.6 Å². The van der Waals surface area contributed by atoms with Gasteiger partial charge in [-0.3, -0.25) is 9.59 Å². The summed E-state index contributed by atoms with van der Waals surface area (Å²) < 4.78 is 13.8. The number of unbranched alkanes of at least 4 members (excludes halogenated alkanes) is 1. The molecular formula is C21H26FN3O2. The Hall–Kier alpha value is -2.73.